The predicted octanol–water partition coefficient (Wildman–Crippen LogP) is 2.37. The Morgan fingerprint density at radius 3 is 2.47 bits per heavy atom. The third kappa shape index (κ3) is 1.69. The van der Waals surface area contributed by atoms with Crippen molar-refractivity contribution < 1.29 is 0 Å². The first-order valence-electron chi connectivity index (χ1n) is 5.55. The van der Waals surface area contributed by atoms with Crippen LogP contribution in [0.2, 0.25) is 5.15 Å². The van der Waals surface area contributed by atoms with Gasteiger partial charge in [0.25, 0.3) is 0 Å². The van der Waals surface area contributed by atoms with Gasteiger partial charge in [-0.2, -0.15) is 0 Å². The summed E-state index contributed by atoms with van der Waals surface area (Å²) in [6.07, 6.45) is 7.61. The zero-order valence-electron chi connectivity index (χ0n) is 8.56. The summed E-state index contributed by atoms with van der Waals surface area (Å²) in [6.45, 7) is 2.31. The van der Waals surface area contributed by atoms with Crippen molar-refractivity contribution in [3.63, 3.8) is 0 Å². The Kier molecular flexibility index (Phi) is 2.28. The topological polar surface area (TPSA) is 29.0 Å². The highest BCUT2D eigenvalue weighted by molar-refractivity contribution is 6.29. The van der Waals surface area contributed by atoms with Gasteiger partial charge in [-0.1, -0.05) is 18.0 Å². The molecule has 1 saturated carbocycles. The van der Waals surface area contributed by atoms with Crippen molar-refractivity contribution in [1.82, 2.24) is 9.97 Å². The lowest BCUT2D eigenvalue weighted by Gasteiger charge is -2.17. The fourth-order valence-corrected chi connectivity index (χ4v) is 2.99. The molecule has 0 radical (unpaired) electrons. The lowest BCUT2D eigenvalue weighted by atomic mass is 10.0. The second-order valence-corrected chi connectivity index (χ2v) is 4.94. The van der Waals surface area contributed by atoms with Crippen LogP contribution in [-0.4, -0.2) is 23.1 Å². The van der Waals surface area contributed by atoms with E-state index in [-0.39, 0.29) is 0 Å². The third-order valence-corrected chi connectivity index (χ3v) is 3.85. The molecule has 3 nitrogen and oxygen atoms in total. The van der Waals surface area contributed by atoms with Gasteiger partial charge in [0.1, 0.15) is 11.0 Å². The molecule has 1 aliphatic heterocycles. The molecule has 0 aromatic carbocycles. The van der Waals surface area contributed by atoms with Gasteiger partial charge in [-0.15, -0.1) is 0 Å². The molecule has 4 heteroatoms. The summed E-state index contributed by atoms with van der Waals surface area (Å²) in [5.74, 6) is 2.76. The van der Waals surface area contributed by atoms with Crippen LogP contribution in [0.1, 0.15) is 19.3 Å². The van der Waals surface area contributed by atoms with E-state index in [2.05, 4.69) is 14.9 Å². The molecule has 1 saturated heterocycles. The second kappa shape index (κ2) is 3.63. The number of nitrogens with zero attached hydrogens (tertiary/aromatic N) is 3. The molecule has 1 aromatic heterocycles. The molecule has 2 unspecified atom stereocenters. The molecule has 0 amide bonds. The number of hydrogen-bond acceptors (Lipinski definition) is 3. The van der Waals surface area contributed by atoms with E-state index >= 15 is 0 Å². The van der Waals surface area contributed by atoms with E-state index in [4.69, 9.17) is 11.6 Å². The van der Waals surface area contributed by atoms with Gasteiger partial charge in [0.05, 0.1) is 12.4 Å². The van der Waals surface area contributed by atoms with Crippen molar-refractivity contribution in [2.24, 2.45) is 11.8 Å². The third-order valence-electron chi connectivity index (χ3n) is 3.66. The Balaban J connectivity index is 1.76. The lowest BCUT2D eigenvalue weighted by Crippen LogP contribution is -2.21. The molecular formula is C11H14ClN3. The highest BCUT2D eigenvalue weighted by Gasteiger charge is 2.36. The smallest absolute Gasteiger partial charge is 0.147 e. The van der Waals surface area contributed by atoms with Crippen LogP contribution in [0.15, 0.2) is 12.4 Å². The van der Waals surface area contributed by atoms with Gasteiger partial charge in [0.2, 0.25) is 0 Å². The summed E-state index contributed by atoms with van der Waals surface area (Å²) in [4.78, 5) is 10.7. The number of fused-ring (bicyclic) bond motifs is 1. The molecule has 3 rings (SSSR count). The van der Waals surface area contributed by atoms with Crippen LogP contribution >= 0.6 is 11.6 Å². The monoisotopic (exact) mass is 223 g/mol. The first-order chi connectivity index (χ1) is 7.33. The van der Waals surface area contributed by atoms with E-state index in [1.807, 2.05) is 0 Å². The molecule has 2 atom stereocenters. The molecule has 80 valence electrons. The first-order valence-corrected chi connectivity index (χ1v) is 5.93. The van der Waals surface area contributed by atoms with Gasteiger partial charge in [-0.05, 0) is 24.7 Å². The number of anilines is 1. The minimum Gasteiger partial charge on any atom is -0.355 e. The molecule has 0 bridgehead atoms. The first kappa shape index (κ1) is 9.40. The summed E-state index contributed by atoms with van der Waals surface area (Å²) < 4.78 is 0. The standard InChI is InChI=1S/C11H14ClN3/c12-10-4-14-11(5-13-10)15-6-8-2-1-3-9(8)7-15/h4-5,8-9H,1-3,6-7H2. The Morgan fingerprint density at radius 1 is 1.13 bits per heavy atom. The number of halogens is 1. The van der Waals surface area contributed by atoms with Gasteiger partial charge in [-0.3, -0.25) is 0 Å². The summed E-state index contributed by atoms with van der Waals surface area (Å²) in [5, 5.41) is 0.471. The fourth-order valence-electron chi connectivity index (χ4n) is 2.89. The Hall–Kier alpha value is -0.830. The van der Waals surface area contributed by atoms with Crippen LogP contribution in [0.25, 0.3) is 0 Å². The van der Waals surface area contributed by atoms with Crippen molar-refractivity contribution in [2.45, 2.75) is 19.3 Å². The quantitative estimate of drug-likeness (QED) is 0.732. The molecule has 2 fully saturated rings. The van der Waals surface area contributed by atoms with Crippen molar-refractivity contribution in [1.29, 1.82) is 0 Å². The Morgan fingerprint density at radius 2 is 1.87 bits per heavy atom. The molecule has 1 aromatic rings. The Bertz CT molecular complexity index is 339. The van der Waals surface area contributed by atoms with Gasteiger partial charge in [0, 0.05) is 13.1 Å². The van der Waals surface area contributed by atoms with Crippen LogP contribution in [0.3, 0.4) is 0 Å². The molecule has 15 heavy (non-hydrogen) atoms. The SMILES string of the molecule is Clc1cnc(N2CC3CCCC3C2)cn1. The van der Waals surface area contributed by atoms with E-state index in [0.717, 1.165) is 30.7 Å². The van der Waals surface area contributed by atoms with Crippen LogP contribution in [0.5, 0.6) is 0 Å². The van der Waals surface area contributed by atoms with Crippen LogP contribution in [0.4, 0.5) is 5.82 Å². The molecular weight excluding hydrogens is 210 g/mol. The highest BCUT2D eigenvalue weighted by Crippen LogP contribution is 2.38. The number of hydrogen-bond donors (Lipinski definition) is 0. The minimum absolute atomic E-state index is 0.471. The normalized spacial score (nSPS) is 29.5. The van der Waals surface area contributed by atoms with E-state index in [1.165, 1.54) is 19.3 Å². The van der Waals surface area contributed by atoms with Crippen molar-refractivity contribution >= 4 is 17.4 Å². The van der Waals surface area contributed by atoms with Gasteiger partial charge in [-0.25, -0.2) is 9.97 Å². The summed E-state index contributed by atoms with van der Waals surface area (Å²) in [6, 6.07) is 0. The zero-order valence-corrected chi connectivity index (χ0v) is 9.32. The van der Waals surface area contributed by atoms with Crippen molar-refractivity contribution in [3.05, 3.63) is 17.5 Å². The van der Waals surface area contributed by atoms with E-state index < -0.39 is 0 Å². The molecule has 2 heterocycles. The van der Waals surface area contributed by atoms with Crippen molar-refractivity contribution in [3.8, 4) is 0 Å². The zero-order chi connectivity index (χ0) is 10.3. The van der Waals surface area contributed by atoms with E-state index in [9.17, 15) is 0 Å². The minimum atomic E-state index is 0.471. The molecule has 2 aliphatic rings. The van der Waals surface area contributed by atoms with Gasteiger partial charge in [0.15, 0.2) is 0 Å². The largest absolute Gasteiger partial charge is 0.355 e. The molecule has 1 aliphatic carbocycles. The van der Waals surface area contributed by atoms with Crippen LogP contribution in [-0.2, 0) is 0 Å². The lowest BCUT2D eigenvalue weighted by molar-refractivity contribution is 0.494. The molecule has 0 N–H and O–H groups in total. The fraction of sp³-hybridized carbons (Fsp3) is 0.636. The van der Waals surface area contributed by atoms with Crippen molar-refractivity contribution in [2.75, 3.05) is 18.0 Å². The maximum absolute atomic E-state index is 5.72. The van der Waals surface area contributed by atoms with E-state index in [1.54, 1.807) is 12.4 Å². The summed E-state index contributed by atoms with van der Waals surface area (Å²) in [5.41, 5.74) is 0. The second-order valence-electron chi connectivity index (χ2n) is 4.55. The maximum Gasteiger partial charge on any atom is 0.147 e. The predicted molar refractivity (Wildman–Crippen MR) is 60.1 cm³/mol. The highest BCUT2D eigenvalue weighted by atomic mass is 35.5. The Labute approximate surface area is 94.5 Å². The molecule has 0 spiro atoms. The average molecular weight is 224 g/mol. The average Bonchev–Trinajstić information content (AvgIpc) is 2.78. The van der Waals surface area contributed by atoms with Crippen LogP contribution in [0, 0.1) is 11.8 Å². The van der Waals surface area contributed by atoms with Crippen LogP contribution < -0.4 is 4.90 Å². The number of rotatable bonds is 1. The summed E-state index contributed by atoms with van der Waals surface area (Å²) >= 11 is 5.72. The van der Waals surface area contributed by atoms with E-state index in [0.29, 0.717) is 5.15 Å². The maximum atomic E-state index is 5.72. The van der Waals surface area contributed by atoms with Gasteiger partial charge < -0.3 is 4.90 Å². The number of aromatic nitrogens is 2. The summed E-state index contributed by atoms with van der Waals surface area (Å²) in [7, 11) is 0. The van der Waals surface area contributed by atoms with Gasteiger partial charge >= 0.3 is 0 Å².